The summed E-state index contributed by atoms with van der Waals surface area (Å²) in [6.45, 7) is 4.56. The van der Waals surface area contributed by atoms with Gasteiger partial charge in [-0.25, -0.2) is 0 Å². The van der Waals surface area contributed by atoms with Crippen LogP contribution in [-0.2, 0) is 0 Å². The molecule has 0 aliphatic heterocycles. The first-order valence-electron chi connectivity index (χ1n) is 7.62. The number of hydrogen-bond acceptors (Lipinski definition) is 3. The number of thioether (sulfide) groups is 2. The second kappa shape index (κ2) is 14.1. The number of rotatable bonds is 13. The summed E-state index contributed by atoms with van der Waals surface area (Å²) < 4.78 is 0.660. The Morgan fingerprint density at radius 1 is 0.722 bits per heavy atom. The average Bonchev–Trinajstić information content (AvgIpc) is 2.35. The standard InChI is InChI=1S/C15H33NS2/c1-5-7-9-11-13-17-15(16(3)4)18-14-12-10-8-6-2/h15H,5-14H2,1-4H3. The van der Waals surface area contributed by atoms with Crippen molar-refractivity contribution in [2.24, 2.45) is 0 Å². The minimum absolute atomic E-state index is 0.660. The minimum atomic E-state index is 0.660. The van der Waals surface area contributed by atoms with Crippen LogP contribution in [0.2, 0.25) is 0 Å². The van der Waals surface area contributed by atoms with Gasteiger partial charge in [-0.3, -0.25) is 4.90 Å². The van der Waals surface area contributed by atoms with Gasteiger partial charge in [0.05, 0.1) is 0 Å². The van der Waals surface area contributed by atoms with Gasteiger partial charge in [0.1, 0.15) is 4.71 Å². The van der Waals surface area contributed by atoms with Crippen molar-refractivity contribution < 1.29 is 0 Å². The van der Waals surface area contributed by atoms with Crippen LogP contribution in [0, 0.1) is 0 Å². The van der Waals surface area contributed by atoms with E-state index in [4.69, 9.17) is 0 Å². The quantitative estimate of drug-likeness (QED) is 0.328. The Morgan fingerprint density at radius 2 is 1.17 bits per heavy atom. The van der Waals surface area contributed by atoms with Crippen LogP contribution >= 0.6 is 23.5 Å². The maximum atomic E-state index is 2.37. The Hall–Kier alpha value is 0.660. The molecular weight excluding hydrogens is 258 g/mol. The molecule has 110 valence electrons. The van der Waals surface area contributed by atoms with E-state index in [1.54, 1.807) is 0 Å². The smallest absolute Gasteiger partial charge is 0.102 e. The van der Waals surface area contributed by atoms with Gasteiger partial charge in [0.2, 0.25) is 0 Å². The van der Waals surface area contributed by atoms with E-state index in [0.717, 1.165) is 0 Å². The van der Waals surface area contributed by atoms with E-state index in [1.165, 1.54) is 62.9 Å². The first kappa shape index (κ1) is 18.7. The largest absolute Gasteiger partial charge is 0.289 e. The summed E-state index contributed by atoms with van der Waals surface area (Å²) in [5.74, 6) is 2.65. The molecule has 3 heteroatoms. The highest BCUT2D eigenvalue weighted by molar-refractivity contribution is 8.16. The summed E-state index contributed by atoms with van der Waals surface area (Å²) in [7, 11) is 4.42. The van der Waals surface area contributed by atoms with Crippen molar-refractivity contribution in [2.45, 2.75) is 69.9 Å². The molecule has 0 fully saturated rings. The predicted octanol–water partition coefficient (Wildman–Crippen LogP) is 5.46. The Morgan fingerprint density at radius 3 is 1.50 bits per heavy atom. The topological polar surface area (TPSA) is 3.24 Å². The van der Waals surface area contributed by atoms with Crippen molar-refractivity contribution in [3.8, 4) is 0 Å². The lowest BCUT2D eigenvalue weighted by atomic mass is 10.2. The first-order valence-corrected chi connectivity index (χ1v) is 9.71. The molecule has 0 saturated carbocycles. The molecule has 1 nitrogen and oxygen atoms in total. The molecule has 0 aliphatic carbocycles. The molecule has 0 spiro atoms. The molecule has 0 aromatic heterocycles. The van der Waals surface area contributed by atoms with Crippen LogP contribution in [0.25, 0.3) is 0 Å². The predicted molar refractivity (Wildman–Crippen MR) is 90.7 cm³/mol. The molecule has 18 heavy (non-hydrogen) atoms. The van der Waals surface area contributed by atoms with E-state index in [9.17, 15) is 0 Å². The molecule has 0 heterocycles. The molecule has 0 saturated heterocycles. The third kappa shape index (κ3) is 11.7. The number of nitrogens with zero attached hydrogens (tertiary/aromatic N) is 1. The molecule has 0 unspecified atom stereocenters. The second-order valence-electron chi connectivity index (χ2n) is 5.13. The summed E-state index contributed by atoms with van der Waals surface area (Å²) in [4.78, 5) is 2.37. The molecular formula is C15H33NS2. The van der Waals surface area contributed by atoms with Crippen LogP contribution in [0.4, 0.5) is 0 Å². The van der Waals surface area contributed by atoms with E-state index in [-0.39, 0.29) is 0 Å². The van der Waals surface area contributed by atoms with Crippen molar-refractivity contribution in [1.29, 1.82) is 0 Å². The second-order valence-corrected chi connectivity index (χ2v) is 7.81. The Kier molecular flexibility index (Phi) is 14.6. The normalized spacial score (nSPS) is 11.7. The van der Waals surface area contributed by atoms with Gasteiger partial charge in [-0.15, -0.1) is 23.5 Å². The fraction of sp³-hybridized carbons (Fsp3) is 1.00. The number of unbranched alkanes of at least 4 members (excludes halogenated alkanes) is 6. The van der Waals surface area contributed by atoms with Gasteiger partial charge in [0, 0.05) is 0 Å². The van der Waals surface area contributed by atoms with Crippen molar-refractivity contribution >= 4 is 23.5 Å². The summed E-state index contributed by atoms with van der Waals surface area (Å²) in [6, 6.07) is 0. The van der Waals surface area contributed by atoms with Gasteiger partial charge in [0.15, 0.2) is 0 Å². The third-order valence-corrected chi connectivity index (χ3v) is 6.22. The minimum Gasteiger partial charge on any atom is -0.289 e. The highest BCUT2D eigenvalue weighted by atomic mass is 32.2. The van der Waals surface area contributed by atoms with E-state index in [0.29, 0.717) is 4.71 Å². The van der Waals surface area contributed by atoms with Gasteiger partial charge in [-0.05, 0) is 38.4 Å². The van der Waals surface area contributed by atoms with Gasteiger partial charge >= 0.3 is 0 Å². The fourth-order valence-corrected chi connectivity index (χ4v) is 4.48. The molecule has 0 atom stereocenters. The lowest BCUT2D eigenvalue weighted by Gasteiger charge is -2.23. The lowest BCUT2D eigenvalue weighted by Crippen LogP contribution is -2.22. The Labute approximate surface area is 124 Å². The van der Waals surface area contributed by atoms with Gasteiger partial charge in [-0.1, -0.05) is 52.4 Å². The van der Waals surface area contributed by atoms with E-state index >= 15 is 0 Å². The monoisotopic (exact) mass is 291 g/mol. The molecule has 0 rings (SSSR count). The Balaban J connectivity index is 3.53. The van der Waals surface area contributed by atoms with Crippen molar-refractivity contribution in [3.05, 3.63) is 0 Å². The van der Waals surface area contributed by atoms with Crippen molar-refractivity contribution in [1.82, 2.24) is 4.90 Å². The SMILES string of the molecule is CCCCCCSC(SCCCCCC)N(C)C. The zero-order valence-electron chi connectivity index (χ0n) is 12.9. The summed E-state index contributed by atoms with van der Waals surface area (Å²) in [5.41, 5.74) is 0. The molecule has 0 N–H and O–H groups in total. The van der Waals surface area contributed by atoms with Crippen LogP contribution in [-0.4, -0.2) is 35.2 Å². The van der Waals surface area contributed by atoms with E-state index in [1.807, 2.05) is 0 Å². The van der Waals surface area contributed by atoms with E-state index < -0.39 is 0 Å². The number of hydrogen-bond donors (Lipinski definition) is 0. The molecule has 0 aliphatic rings. The molecule has 0 amide bonds. The highest BCUT2D eigenvalue weighted by Crippen LogP contribution is 2.27. The van der Waals surface area contributed by atoms with Crippen LogP contribution in [0.3, 0.4) is 0 Å². The van der Waals surface area contributed by atoms with Gasteiger partial charge < -0.3 is 0 Å². The van der Waals surface area contributed by atoms with Crippen molar-refractivity contribution in [2.75, 3.05) is 25.6 Å². The maximum Gasteiger partial charge on any atom is 0.102 e. The van der Waals surface area contributed by atoms with Crippen LogP contribution in [0.5, 0.6) is 0 Å². The summed E-state index contributed by atoms with van der Waals surface area (Å²) in [5, 5.41) is 0. The highest BCUT2D eigenvalue weighted by Gasteiger charge is 2.11. The van der Waals surface area contributed by atoms with Crippen LogP contribution < -0.4 is 0 Å². The molecule has 0 aromatic carbocycles. The zero-order valence-corrected chi connectivity index (χ0v) is 14.5. The van der Waals surface area contributed by atoms with Gasteiger partial charge in [-0.2, -0.15) is 0 Å². The molecule has 0 aromatic rings. The third-order valence-electron chi connectivity index (χ3n) is 2.94. The summed E-state index contributed by atoms with van der Waals surface area (Å²) >= 11 is 4.27. The maximum absolute atomic E-state index is 2.37. The van der Waals surface area contributed by atoms with Crippen molar-refractivity contribution in [3.63, 3.8) is 0 Å². The zero-order chi connectivity index (χ0) is 13.6. The Bertz CT molecular complexity index is 149. The van der Waals surface area contributed by atoms with E-state index in [2.05, 4.69) is 56.4 Å². The molecule has 0 bridgehead atoms. The fourth-order valence-electron chi connectivity index (χ4n) is 1.77. The first-order chi connectivity index (χ1) is 8.72. The summed E-state index contributed by atoms with van der Waals surface area (Å²) in [6.07, 6.45) is 11.1. The lowest BCUT2D eigenvalue weighted by molar-refractivity contribution is 0.459. The molecule has 0 radical (unpaired) electrons. The van der Waals surface area contributed by atoms with Gasteiger partial charge in [0.25, 0.3) is 0 Å². The van der Waals surface area contributed by atoms with Crippen LogP contribution in [0.1, 0.15) is 65.2 Å². The average molecular weight is 292 g/mol. The van der Waals surface area contributed by atoms with Crippen LogP contribution in [0.15, 0.2) is 0 Å².